The van der Waals surface area contributed by atoms with Crippen molar-refractivity contribution in [3.8, 4) is 0 Å². The maximum Gasteiger partial charge on any atom is 0.421 e. The Labute approximate surface area is 167 Å². The lowest BCUT2D eigenvalue weighted by Crippen LogP contribution is -2.34. The van der Waals surface area contributed by atoms with E-state index >= 15 is 0 Å². The van der Waals surface area contributed by atoms with E-state index in [0.717, 1.165) is 25.9 Å². The first-order valence-corrected chi connectivity index (χ1v) is 10.9. The highest BCUT2D eigenvalue weighted by atomic mass is 35.5. The van der Waals surface area contributed by atoms with Crippen molar-refractivity contribution < 1.29 is 12.8 Å². The molecular weight excluding hydrogens is 402 g/mol. The number of nitrogens with one attached hydrogen (secondary N) is 1. The molecule has 2 aromatic carbocycles. The molecule has 148 valence electrons. The molecule has 1 aliphatic rings. The summed E-state index contributed by atoms with van der Waals surface area (Å²) in [6.45, 7) is 2.32. The van der Waals surface area contributed by atoms with Crippen molar-refractivity contribution in [3.05, 3.63) is 58.0 Å². The fourth-order valence-electron chi connectivity index (χ4n) is 3.41. The molecule has 0 aliphatic carbocycles. The first kappa shape index (κ1) is 19.0. The van der Waals surface area contributed by atoms with Crippen LogP contribution in [0.5, 0.6) is 0 Å². The summed E-state index contributed by atoms with van der Waals surface area (Å²) in [6.07, 6.45) is 3.43. The van der Waals surface area contributed by atoms with Crippen LogP contribution >= 0.6 is 11.6 Å². The van der Waals surface area contributed by atoms with E-state index in [2.05, 4.69) is 9.62 Å². The predicted octanol–water partition coefficient (Wildman–Crippen LogP) is 3.49. The van der Waals surface area contributed by atoms with Crippen LogP contribution in [0, 0.1) is 0 Å². The summed E-state index contributed by atoms with van der Waals surface area (Å²) in [7, 11) is -3.84. The van der Waals surface area contributed by atoms with Gasteiger partial charge in [0.2, 0.25) is 0 Å². The highest BCUT2D eigenvalue weighted by molar-refractivity contribution is 7.92. The fraction of sp³-hybridized carbons (Fsp3) is 0.316. The van der Waals surface area contributed by atoms with E-state index in [0.29, 0.717) is 22.9 Å². The summed E-state index contributed by atoms with van der Waals surface area (Å²) in [4.78, 5) is 14.5. The molecule has 4 rings (SSSR count). The third-order valence-corrected chi connectivity index (χ3v) is 6.43. The van der Waals surface area contributed by atoms with Crippen molar-refractivity contribution in [3.63, 3.8) is 0 Å². The fourth-order valence-corrected chi connectivity index (χ4v) is 4.67. The first-order chi connectivity index (χ1) is 13.4. The Hall–Kier alpha value is -2.29. The van der Waals surface area contributed by atoms with Crippen molar-refractivity contribution in [1.29, 1.82) is 0 Å². The van der Waals surface area contributed by atoms with Crippen LogP contribution in [0.1, 0.15) is 19.3 Å². The number of hydrogen-bond donors (Lipinski definition) is 1. The second-order valence-electron chi connectivity index (χ2n) is 6.86. The van der Waals surface area contributed by atoms with Gasteiger partial charge in [0.05, 0.1) is 22.8 Å². The Bertz CT molecular complexity index is 1160. The minimum Gasteiger partial charge on any atom is -0.408 e. The van der Waals surface area contributed by atoms with E-state index in [4.69, 9.17) is 16.0 Å². The number of halogens is 1. The monoisotopic (exact) mass is 421 g/mol. The lowest BCUT2D eigenvalue weighted by molar-refractivity contribution is 0.179. The molecule has 0 unspecified atom stereocenters. The van der Waals surface area contributed by atoms with E-state index in [1.807, 2.05) is 0 Å². The van der Waals surface area contributed by atoms with Crippen LogP contribution in [0.3, 0.4) is 0 Å². The number of hydrogen-bond acceptors (Lipinski definition) is 5. The summed E-state index contributed by atoms with van der Waals surface area (Å²) in [5.74, 6) is -0.488. The summed E-state index contributed by atoms with van der Waals surface area (Å²) >= 11 is 5.91. The highest BCUT2D eigenvalue weighted by Crippen LogP contribution is 2.23. The van der Waals surface area contributed by atoms with Crippen LogP contribution in [0.4, 0.5) is 5.69 Å². The number of anilines is 1. The van der Waals surface area contributed by atoms with Crippen LogP contribution < -0.4 is 10.5 Å². The third kappa shape index (κ3) is 3.94. The quantitative estimate of drug-likeness (QED) is 0.681. The van der Waals surface area contributed by atoms with Gasteiger partial charge >= 0.3 is 5.76 Å². The SMILES string of the molecule is O=c1oc2cc(S(=O)(=O)Nc3cccc(Cl)c3)ccc2n1CN1CCCCC1. The van der Waals surface area contributed by atoms with Crippen molar-refractivity contribution in [2.75, 3.05) is 17.8 Å². The number of benzene rings is 2. The zero-order valence-electron chi connectivity index (χ0n) is 15.1. The molecule has 1 N–H and O–H groups in total. The number of rotatable bonds is 5. The molecule has 0 amide bonds. The molecule has 2 heterocycles. The predicted molar refractivity (Wildman–Crippen MR) is 108 cm³/mol. The van der Waals surface area contributed by atoms with Crippen molar-refractivity contribution in [2.45, 2.75) is 30.8 Å². The van der Waals surface area contributed by atoms with Crippen LogP contribution in [-0.2, 0) is 16.7 Å². The number of piperidine rings is 1. The summed E-state index contributed by atoms with van der Waals surface area (Å²) in [6, 6.07) is 10.9. The number of oxazole rings is 1. The maximum absolute atomic E-state index is 12.7. The largest absolute Gasteiger partial charge is 0.421 e. The van der Waals surface area contributed by atoms with Crippen LogP contribution in [0.25, 0.3) is 11.1 Å². The molecule has 9 heteroatoms. The van der Waals surface area contributed by atoms with Gasteiger partial charge in [0.15, 0.2) is 5.58 Å². The molecule has 0 radical (unpaired) electrons. The molecule has 28 heavy (non-hydrogen) atoms. The van der Waals surface area contributed by atoms with Gasteiger partial charge < -0.3 is 4.42 Å². The Balaban J connectivity index is 1.63. The average Bonchev–Trinajstić information content (AvgIpc) is 2.97. The van der Waals surface area contributed by atoms with Gasteiger partial charge in [-0.3, -0.25) is 14.2 Å². The summed E-state index contributed by atoms with van der Waals surface area (Å²) < 4.78 is 34.7. The van der Waals surface area contributed by atoms with Gasteiger partial charge in [-0.1, -0.05) is 24.1 Å². The van der Waals surface area contributed by atoms with Gasteiger partial charge in [-0.2, -0.15) is 0 Å². The summed E-state index contributed by atoms with van der Waals surface area (Å²) in [5, 5.41) is 0.427. The first-order valence-electron chi connectivity index (χ1n) is 9.06. The smallest absolute Gasteiger partial charge is 0.408 e. The minimum absolute atomic E-state index is 0.0128. The van der Waals surface area contributed by atoms with E-state index in [9.17, 15) is 13.2 Å². The van der Waals surface area contributed by atoms with Crippen molar-refractivity contribution in [2.24, 2.45) is 0 Å². The lowest BCUT2D eigenvalue weighted by atomic mass is 10.1. The Kier molecular flexibility index (Phi) is 5.18. The molecular formula is C19H20ClN3O4S. The standard InChI is InChI=1S/C19H20ClN3O4S/c20-14-5-4-6-15(11-14)21-28(25,26)16-7-8-17-18(12-16)27-19(24)23(17)13-22-9-2-1-3-10-22/h4-8,11-12,21H,1-3,9-10,13H2. The van der Waals surface area contributed by atoms with E-state index < -0.39 is 15.8 Å². The number of aromatic nitrogens is 1. The van der Waals surface area contributed by atoms with Crippen LogP contribution in [-0.4, -0.2) is 31.0 Å². The Morgan fingerprint density at radius 3 is 2.61 bits per heavy atom. The number of nitrogens with zero attached hydrogens (tertiary/aromatic N) is 2. The van der Waals surface area contributed by atoms with Gasteiger partial charge in [0.25, 0.3) is 10.0 Å². The number of fused-ring (bicyclic) bond motifs is 1. The molecule has 0 atom stereocenters. The summed E-state index contributed by atoms with van der Waals surface area (Å²) in [5.41, 5.74) is 1.19. The second kappa shape index (κ2) is 7.62. The lowest BCUT2D eigenvalue weighted by Gasteiger charge is -2.26. The topological polar surface area (TPSA) is 84.5 Å². The Morgan fingerprint density at radius 2 is 1.86 bits per heavy atom. The second-order valence-corrected chi connectivity index (χ2v) is 8.98. The number of likely N-dealkylation sites (tertiary alicyclic amines) is 1. The minimum atomic E-state index is -3.84. The van der Waals surface area contributed by atoms with Gasteiger partial charge in [-0.25, -0.2) is 13.2 Å². The van der Waals surface area contributed by atoms with E-state index in [1.54, 1.807) is 28.8 Å². The molecule has 7 nitrogen and oxygen atoms in total. The van der Waals surface area contributed by atoms with Crippen molar-refractivity contribution in [1.82, 2.24) is 9.47 Å². The molecule has 0 saturated carbocycles. The van der Waals surface area contributed by atoms with Gasteiger partial charge in [0.1, 0.15) is 0 Å². The molecule has 1 saturated heterocycles. The van der Waals surface area contributed by atoms with Gasteiger partial charge in [0, 0.05) is 11.1 Å². The van der Waals surface area contributed by atoms with Gasteiger partial charge in [-0.05, 0) is 56.3 Å². The van der Waals surface area contributed by atoms with Crippen molar-refractivity contribution >= 4 is 38.4 Å². The zero-order valence-corrected chi connectivity index (χ0v) is 16.7. The van der Waals surface area contributed by atoms with Gasteiger partial charge in [-0.15, -0.1) is 0 Å². The zero-order chi connectivity index (χ0) is 19.7. The highest BCUT2D eigenvalue weighted by Gasteiger charge is 2.19. The van der Waals surface area contributed by atoms with E-state index in [-0.39, 0.29) is 10.5 Å². The van der Waals surface area contributed by atoms with E-state index in [1.165, 1.54) is 24.6 Å². The van der Waals surface area contributed by atoms with Crippen LogP contribution in [0.2, 0.25) is 5.02 Å². The molecule has 1 fully saturated rings. The number of sulfonamides is 1. The molecule has 0 bridgehead atoms. The average molecular weight is 422 g/mol. The molecule has 0 spiro atoms. The molecule has 1 aliphatic heterocycles. The Morgan fingerprint density at radius 1 is 1.07 bits per heavy atom. The maximum atomic E-state index is 12.7. The molecule has 3 aromatic rings. The molecule has 1 aromatic heterocycles. The third-order valence-electron chi connectivity index (χ3n) is 4.82. The normalized spacial score (nSPS) is 15.8. The van der Waals surface area contributed by atoms with Crippen LogP contribution in [0.15, 0.2) is 56.6 Å².